The number of likely N-dealkylation sites (tertiary alicyclic amines) is 1. The van der Waals surface area contributed by atoms with Gasteiger partial charge in [-0.1, -0.05) is 0 Å². The molecule has 3 heterocycles. The van der Waals surface area contributed by atoms with Crippen molar-refractivity contribution in [3.8, 4) is 0 Å². The van der Waals surface area contributed by atoms with Crippen LogP contribution >= 0.6 is 0 Å². The first-order valence-electron chi connectivity index (χ1n) is 8.86. The molecule has 0 unspecified atom stereocenters. The fourth-order valence-corrected chi connectivity index (χ4v) is 3.61. The second kappa shape index (κ2) is 7.20. The highest BCUT2D eigenvalue weighted by Crippen LogP contribution is 2.22. The van der Waals surface area contributed by atoms with Crippen LogP contribution in [-0.4, -0.2) is 81.5 Å². The highest BCUT2D eigenvalue weighted by molar-refractivity contribution is 6.18. The largest absolute Gasteiger partial charge is 0.351 e. The lowest BCUT2D eigenvalue weighted by Gasteiger charge is -2.36. The van der Waals surface area contributed by atoms with Crippen LogP contribution in [0.3, 0.4) is 0 Å². The number of Topliss-reactive ketones (excluding diaryl/α,β-unsaturated/α-hetero) is 1. The third-order valence-corrected chi connectivity index (χ3v) is 5.32. The predicted octanol–water partition coefficient (Wildman–Crippen LogP) is -1.81. The standard InChI is InChI=1S/C17H24N6O4/c1-22-5-3-4-12(22)15(26)23(2)16(27)17(18,7-10-8-19-9-20-10)14(25)11-6-13(24)21-11/h8-9,11-12H,3-7,18H2,1-2H3,(H,19,20)(H,21,24)/t11-,12-,17+/m0/s1. The van der Waals surface area contributed by atoms with Crippen LogP contribution in [0.25, 0.3) is 0 Å². The lowest BCUT2D eigenvalue weighted by molar-refractivity contribution is -0.153. The van der Waals surface area contributed by atoms with Crippen molar-refractivity contribution in [3.63, 3.8) is 0 Å². The maximum Gasteiger partial charge on any atom is 0.257 e. The summed E-state index contributed by atoms with van der Waals surface area (Å²) in [6.07, 6.45) is 4.28. The summed E-state index contributed by atoms with van der Waals surface area (Å²) in [6.45, 7) is 0.770. The Morgan fingerprint density at radius 2 is 2.15 bits per heavy atom. The van der Waals surface area contributed by atoms with Gasteiger partial charge in [0.05, 0.1) is 30.5 Å². The molecule has 1 aromatic rings. The summed E-state index contributed by atoms with van der Waals surface area (Å²) in [6, 6.07) is -1.24. The predicted molar refractivity (Wildman–Crippen MR) is 94.2 cm³/mol. The molecule has 1 aromatic heterocycles. The summed E-state index contributed by atoms with van der Waals surface area (Å²) in [5.74, 6) is -2.07. The molecule has 0 aliphatic carbocycles. The third-order valence-electron chi connectivity index (χ3n) is 5.32. The number of β-lactam (4-membered cyclic amide) rings is 1. The second-order valence-electron chi connectivity index (χ2n) is 7.24. The lowest BCUT2D eigenvalue weighted by atomic mass is 9.81. The van der Waals surface area contributed by atoms with E-state index in [-0.39, 0.29) is 24.7 Å². The highest BCUT2D eigenvalue weighted by atomic mass is 16.2. The van der Waals surface area contributed by atoms with Gasteiger partial charge in [-0.3, -0.25) is 29.0 Å². The first-order valence-corrected chi connectivity index (χ1v) is 8.86. The van der Waals surface area contributed by atoms with Gasteiger partial charge in [0.2, 0.25) is 11.8 Å². The van der Waals surface area contributed by atoms with E-state index >= 15 is 0 Å². The number of nitrogens with two attached hydrogens (primary N) is 1. The summed E-state index contributed by atoms with van der Waals surface area (Å²) < 4.78 is 0. The number of likely N-dealkylation sites (N-methyl/N-ethyl adjacent to an activating group) is 2. The van der Waals surface area contributed by atoms with Crippen LogP contribution < -0.4 is 11.1 Å². The number of imide groups is 1. The molecule has 2 fully saturated rings. The van der Waals surface area contributed by atoms with Gasteiger partial charge in [0, 0.05) is 19.7 Å². The van der Waals surface area contributed by atoms with E-state index in [9.17, 15) is 19.2 Å². The van der Waals surface area contributed by atoms with E-state index in [4.69, 9.17) is 5.73 Å². The Morgan fingerprint density at radius 3 is 2.67 bits per heavy atom. The van der Waals surface area contributed by atoms with Crippen molar-refractivity contribution in [2.45, 2.75) is 43.3 Å². The number of hydrogen-bond donors (Lipinski definition) is 3. The molecule has 146 valence electrons. The number of carbonyl (C=O) groups excluding carboxylic acids is 4. The van der Waals surface area contributed by atoms with E-state index < -0.39 is 29.3 Å². The lowest BCUT2D eigenvalue weighted by Crippen LogP contribution is -2.69. The molecule has 0 radical (unpaired) electrons. The molecule has 3 atom stereocenters. The Kier molecular flexibility index (Phi) is 5.11. The summed E-state index contributed by atoms with van der Waals surface area (Å²) >= 11 is 0. The highest BCUT2D eigenvalue weighted by Gasteiger charge is 2.51. The van der Waals surface area contributed by atoms with Crippen LogP contribution in [0.4, 0.5) is 0 Å². The van der Waals surface area contributed by atoms with Crippen molar-refractivity contribution in [3.05, 3.63) is 18.2 Å². The molecule has 3 amide bonds. The fourth-order valence-electron chi connectivity index (χ4n) is 3.61. The minimum atomic E-state index is -1.99. The number of hydrogen-bond acceptors (Lipinski definition) is 7. The van der Waals surface area contributed by atoms with Gasteiger partial charge in [0.25, 0.3) is 5.91 Å². The van der Waals surface area contributed by atoms with E-state index in [0.29, 0.717) is 12.1 Å². The van der Waals surface area contributed by atoms with E-state index in [1.807, 2.05) is 11.9 Å². The van der Waals surface area contributed by atoms with Crippen LogP contribution in [0.2, 0.25) is 0 Å². The van der Waals surface area contributed by atoms with Crippen molar-refractivity contribution in [2.75, 3.05) is 20.6 Å². The summed E-state index contributed by atoms with van der Waals surface area (Å²) in [5, 5.41) is 2.45. The van der Waals surface area contributed by atoms with Crippen molar-refractivity contribution in [1.29, 1.82) is 0 Å². The minimum Gasteiger partial charge on any atom is -0.351 e. The summed E-state index contributed by atoms with van der Waals surface area (Å²) in [5.41, 5.74) is 4.72. The number of amides is 3. The second-order valence-corrected chi connectivity index (χ2v) is 7.24. The monoisotopic (exact) mass is 376 g/mol. The number of rotatable bonds is 6. The normalized spacial score (nSPS) is 24.6. The molecule has 0 bridgehead atoms. The van der Waals surface area contributed by atoms with Gasteiger partial charge in [0.1, 0.15) is 0 Å². The fraction of sp³-hybridized carbons (Fsp3) is 0.588. The molecule has 10 heteroatoms. The maximum absolute atomic E-state index is 13.2. The average Bonchev–Trinajstić information content (AvgIpc) is 3.27. The van der Waals surface area contributed by atoms with E-state index in [2.05, 4.69) is 15.3 Å². The van der Waals surface area contributed by atoms with E-state index in [1.165, 1.54) is 19.6 Å². The van der Waals surface area contributed by atoms with Crippen LogP contribution in [0.5, 0.6) is 0 Å². The van der Waals surface area contributed by atoms with Crippen LogP contribution in [-0.2, 0) is 25.6 Å². The van der Waals surface area contributed by atoms with Crippen molar-refractivity contribution < 1.29 is 19.2 Å². The smallest absolute Gasteiger partial charge is 0.257 e. The quantitative estimate of drug-likeness (QED) is 0.392. The number of aromatic nitrogens is 2. The van der Waals surface area contributed by atoms with Gasteiger partial charge in [-0.2, -0.15) is 0 Å². The molecule has 2 aliphatic heterocycles. The Balaban J connectivity index is 1.84. The molecular formula is C17H24N6O4. The molecule has 10 nitrogen and oxygen atoms in total. The van der Waals surface area contributed by atoms with Gasteiger partial charge < -0.3 is 16.0 Å². The number of ketones is 1. The molecule has 0 aromatic carbocycles. The topological polar surface area (TPSA) is 141 Å². The number of nitrogens with one attached hydrogen (secondary N) is 2. The number of imidazole rings is 1. The third kappa shape index (κ3) is 3.50. The SMILES string of the molecule is CN(C(=O)[C@@H]1CCCN1C)C(=O)[C@@](N)(Cc1c[nH]cn1)C(=O)[C@@H]1CC(=O)N1. The zero-order valence-corrected chi connectivity index (χ0v) is 15.4. The van der Waals surface area contributed by atoms with Gasteiger partial charge in [0.15, 0.2) is 11.3 Å². The van der Waals surface area contributed by atoms with Crippen LogP contribution in [0, 0.1) is 0 Å². The Bertz CT molecular complexity index is 755. The van der Waals surface area contributed by atoms with Gasteiger partial charge >= 0.3 is 0 Å². The van der Waals surface area contributed by atoms with Crippen molar-refractivity contribution in [1.82, 2.24) is 25.1 Å². The van der Waals surface area contributed by atoms with Crippen LogP contribution in [0.1, 0.15) is 25.0 Å². The Labute approximate surface area is 156 Å². The maximum atomic E-state index is 13.2. The van der Waals surface area contributed by atoms with E-state index in [0.717, 1.165) is 17.9 Å². The zero-order chi connectivity index (χ0) is 19.8. The molecule has 2 saturated heterocycles. The molecule has 27 heavy (non-hydrogen) atoms. The summed E-state index contributed by atoms with van der Waals surface area (Å²) in [4.78, 5) is 59.7. The number of carbonyl (C=O) groups is 4. The van der Waals surface area contributed by atoms with Gasteiger partial charge in [-0.15, -0.1) is 0 Å². The first-order chi connectivity index (χ1) is 12.7. The molecule has 0 saturated carbocycles. The Hall–Kier alpha value is -2.59. The Morgan fingerprint density at radius 1 is 1.44 bits per heavy atom. The molecule has 3 rings (SSSR count). The minimum absolute atomic E-state index is 0.0192. The van der Waals surface area contributed by atoms with Gasteiger partial charge in [-0.25, -0.2) is 4.98 Å². The molecule has 4 N–H and O–H groups in total. The molecular weight excluding hydrogens is 352 g/mol. The zero-order valence-electron chi connectivity index (χ0n) is 15.4. The number of H-pyrrole nitrogens is 1. The summed E-state index contributed by atoms with van der Waals surface area (Å²) in [7, 11) is 3.16. The van der Waals surface area contributed by atoms with Crippen molar-refractivity contribution >= 4 is 23.5 Å². The first kappa shape index (κ1) is 19.2. The van der Waals surface area contributed by atoms with E-state index in [1.54, 1.807) is 0 Å². The average molecular weight is 376 g/mol. The van der Waals surface area contributed by atoms with Crippen LogP contribution in [0.15, 0.2) is 12.5 Å². The molecule has 2 aliphatic rings. The molecule has 0 spiro atoms. The number of nitrogens with zero attached hydrogens (tertiary/aromatic N) is 3. The van der Waals surface area contributed by atoms with Crippen molar-refractivity contribution in [2.24, 2.45) is 5.73 Å². The van der Waals surface area contributed by atoms with Gasteiger partial charge in [-0.05, 0) is 26.4 Å². The number of aromatic amines is 1.